The first-order valence-corrected chi connectivity index (χ1v) is 6.44. The smallest absolute Gasteiger partial charge is 0.314 e. The number of thioether (sulfide) groups is 1. The molecule has 2 rings (SSSR count). The molecular weight excluding hydrogens is 299 g/mol. The van der Waals surface area contributed by atoms with Gasteiger partial charge in [-0.15, -0.1) is 0 Å². The zero-order valence-corrected chi connectivity index (χ0v) is 11.1. The number of benzene rings is 1. The second-order valence-corrected chi connectivity index (χ2v) is 4.94. The third-order valence-electron chi connectivity index (χ3n) is 1.90. The van der Waals surface area contributed by atoms with E-state index >= 15 is 0 Å². The molecule has 0 spiro atoms. The normalized spacial score (nSPS) is 10.6. The van der Waals surface area contributed by atoms with Crippen molar-refractivity contribution in [3.63, 3.8) is 0 Å². The van der Waals surface area contributed by atoms with Crippen molar-refractivity contribution in [3.8, 4) is 11.4 Å². The molecule has 0 aliphatic rings. The topological polar surface area (TPSA) is 76.2 Å². The fourth-order valence-electron chi connectivity index (χ4n) is 1.14. The SMILES string of the molecule is O=C(O)CSc1nc(-c2ccc(Cl)c(Cl)c2)no1. The van der Waals surface area contributed by atoms with Crippen LogP contribution >= 0.6 is 35.0 Å². The van der Waals surface area contributed by atoms with Crippen molar-refractivity contribution in [2.45, 2.75) is 5.22 Å². The van der Waals surface area contributed by atoms with Crippen molar-refractivity contribution >= 4 is 40.9 Å². The highest BCUT2D eigenvalue weighted by atomic mass is 35.5. The summed E-state index contributed by atoms with van der Waals surface area (Å²) in [4.78, 5) is 14.4. The zero-order chi connectivity index (χ0) is 13.1. The minimum atomic E-state index is -0.950. The summed E-state index contributed by atoms with van der Waals surface area (Å²) in [6, 6.07) is 4.94. The van der Waals surface area contributed by atoms with Gasteiger partial charge in [0.05, 0.1) is 10.0 Å². The molecule has 1 heterocycles. The van der Waals surface area contributed by atoms with Crippen molar-refractivity contribution < 1.29 is 14.4 Å². The van der Waals surface area contributed by atoms with Crippen molar-refractivity contribution in [1.82, 2.24) is 10.1 Å². The highest BCUT2D eigenvalue weighted by Gasteiger charge is 2.11. The maximum Gasteiger partial charge on any atom is 0.314 e. The number of halogens is 2. The number of nitrogens with zero attached hydrogens (tertiary/aromatic N) is 2. The highest BCUT2D eigenvalue weighted by molar-refractivity contribution is 7.99. The van der Waals surface area contributed by atoms with E-state index in [1.165, 1.54) is 0 Å². The molecule has 94 valence electrons. The summed E-state index contributed by atoms with van der Waals surface area (Å²) in [5.41, 5.74) is 0.648. The van der Waals surface area contributed by atoms with Crippen LogP contribution in [0.15, 0.2) is 27.9 Å². The summed E-state index contributed by atoms with van der Waals surface area (Å²) in [5.74, 6) is -0.751. The first-order valence-electron chi connectivity index (χ1n) is 4.70. The maximum absolute atomic E-state index is 10.4. The summed E-state index contributed by atoms with van der Waals surface area (Å²) in [7, 11) is 0. The monoisotopic (exact) mass is 304 g/mol. The maximum atomic E-state index is 10.4. The van der Waals surface area contributed by atoms with E-state index in [4.69, 9.17) is 32.8 Å². The number of rotatable bonds is 4. The minimum Gasteiger partial charge on any atom is -0.481 e. The van der Waals surface area contributed by atoms with Gasteiger partial charge in [0.1, 0.15) is 5.75 Å². The Morgan fingerprint density at radius 3 is 2.83 bits per heavy atom. The van der Waals surface area contributed by atoms with Crippen LogP contribution in [0.5, 0.6) is 0 Å². The fraction of sp³-hybridized carbons (Fsp3) is 0.100. The van der Waals surface area contributed by atoms with Crippen LogP contribution in [-0.4, -0.2) is 27.0 Å². The molecule has 0 bridgehead atoms. The molecule has 0 fully saturated rings. The van der Waals surface area contributed by atoms with Gasteiger partial charge in [-0.2, -0.15) is 4.98 Å². The van der Waals surface area contributed by atoms with Gasteiger partial charge in [0.25, 0.3) is 5.22 Å². The fourth-order valence-corrected chi connectivity index (χ4v) is 1.93. The van der Waals surface area contributed by atoms with Crippen LogP contribution in [-0.2, 0) is 4.79 Å². The number of aromatic nitrogens is 2. The van der Waals surface area contributed by atoms with Crippen LogP contribution in [0.1, 0.15) is 0 Å². The minimum absolute atomic E-state index is 0.136. The summed E-state index contributed by atoms with van der Waals surface area (Å²) in [5, 5.41) is 13.3. The Hall–Kier alpha value is -1.24. The third-order valence-corrected chi connectivity index (χ3v) is 3.45. The molecular formula is C10H6Cl2N2O3S. The second-order valence-electron chi connectivity index (χ2n) is 3.20. The van der Waals surface area contributed by atoms with E-state index in [9.17, 15) is 4.79 Å². The molecule has 0 aliphatic heterocycles. The molecule has 1 aromatic carbocycles. The molecule has 0 unspecified atom stereocenters. The van der Waals surface area contributed by atoms with Gasteiger partial charge in [-0.3, -0.25) is 4.79 Å². The Kier molecular flexibility index (Phi) is 4.11. The summed E-state index contributed by atoms with van der Waals surface area (Å²) >= 11 is 12.6. The molecule has 0 aliphatic carbocycles. The van der Waals surface area contributed by atoms with E-state index in [1.54, 1.807) is 18.2 Å². The molecule has 0 saturated heterocycles. The van der Waals surface area contributed by atoms with Crippen molar-refractivity contribution in [2.24, 2.45) is 0 Å². The Balaban J connectivity index is 2.18. The van der Waals surface area contributed by atoms with Crippen LogP contribution in [0, 0.1) is 0 Å². The summed E-state index contributed by atoms with van der Waals surface area (Å²) in [6.45, 7) is 0. The number of hydrogen-bond acceptors (Lipinski definition) is 5. The van der Waals surface area contributed by atoms with E-state index in [2.05, 4.69) is 10.1 Å². The standard InChI is InChI=1S/C10H6Cl2N2O3S/c11-6-2-1-5(3-7(6)12)9-13-10(17-14-9)18-4-8(15)16/h1-3H,4H2,(H,15,16). The van der Waals surface area contributed by atoms with Gasteiger partial charge in [0, 0.05) is 5.56 Å². The van der Waals surface area contributed by atoms with Crippen LogP contribution in [0.3, 0.4) is 0 Å². The van der Waals surface area contributed by atoms with E-state index in [0.29, 0.717) is 21.4 Å². The van der Waals surface area contributed by atoms with Gasteiger partial charge in [-0.25, -0.2) is 0 Å². The Morgan fingerprint density at radius 2 is 2.17 bits per heavy atom. The van der Waals surface area contributed by atoms with Crippen LogP contribution in [0.4, 0.5) is 0 Å². The highest BCUT2D eigenvalue weighted by Crippen LogP contribution is 2.28. The van der Waals surface area contributed by atoms with Crippen LogP contribution < -0.4 is 0 Å². The van der Waals surface area contributed by atoms with Gasteiger partial charge >= 0.3 is 5.97 Å². The van der Waals surface area contributed by atoms with Crippen molar-refractivity contribution in [1.29, 1.82) is 0 Å². The molecule has 18 heavy (non-hydrogen) atoms. The Labute approximate surface area is 116 Å². The van der Waals surface area contributed by atoms with E-state index in [0.717, 1.165) is 11.8 Å². The molecule has 0 saturated carbocycles. The lowest BCUT2D eigenvalue weighted by molar-refractivity contribution is -0.133. The Morgan fingerprint density at radius 1 is 1.39 bits per heavy atom. The average Bonchev–Trinajstić information content (AvgIpc) is 2.79. The predicted molar refractivity (Wildman–Crippen MR) is 68.1 cm³/mol. The van der Waals surface area contributed by atoms with Gasteiger partial charge in [-0.05, 0) is 18.2 Å². The quantitative estimate of drug-likeness (QED) is 0.874. The van der Waals surface area contributed by atoms with E-state index in [-0.39, 0.29) is 11.0 Å². The molecule has 0 atom stereocenters. The first kappa shape index (κ1) is 13.2. The lowest BCUT2D eigenvalue weighted by atomic mass is 10.2. The number of carbonyl (C=O) groups is 1. The largest absolute Gasteiger partial charge is 0.481 e. The zero-order valence-electron chi connectivity index (χ0n) is 8.76. The second kappa shape index (κ2) is 5.60. The molecule has 8 heteroatoms. The third kappa shape index (κ3) is 3.16. The van der Waals surface area contributed by atoms with Gasteiger partial charge < -0.3 is 9.63 Å². The molecule has 1 aromatic heterocycles. The van der Waals surface area contributed by atoms with Crippen LogP contribution in [0.2, 0.25) is 10.0 Å². The van der Waals surface area contributed by atoms with E-state index in [1.807, 2.05) is 0 Å². The van der Waals surface area contributed by atoms with E-state index < -0.39 is 5.97 Å². The molecule has 0 amide bonds. The molecule has 1 N–H and O–H groups in total. The lowest BCUT2D eigenvalue weighted by Gasteiger charge is -1.97. The number of carboxylic acids is 1. The molecule has 0 radical (unpaired) electrons. The first-order chi connectivity index (χ1) is 8.56. The number of carboxylic acid groups (broad SMARTS) is 1. The predicted octanol–water partition coefficient (Wildman–Crippen LogP) is 3.22. The van der Waals surface area contributed by atoms with Crippen molar-refractivity contribution in [2.75, 3.05) is 5.75 Å². The average molecular weight is 305 g/mol. The lowest BCUT2D eigenvalue weighted by Crippen LogP contribution is -1.97. The van der Waals surface area contributed by atoms with Gasteiger partial charge in [-0.1, -0.05) is 40.1 Å². The summed E-state index contributed by atoms with van der Waals surface area (Å²) in [6.07, 6.45) is 0. The summed E-state index contributed by atoms with van der Waals surface area (Å²) < 4.78 is 4.90. The number of hydrogen-bond donors (Lipinski definition) is 1. The molecule has 5 nitrogen and oxygen atoms in total. The van der Waals surface area contributed by atoms with Gasteiger partial charge in [0.15, 0.2) is 0 Å². The van der Waals surface area contributed by atoms with Crippen LogP contribution in [0.25, 0.3) is 11.4 Å². The van der Waals surface area contributed by atoms with Crippen molar-refractivity contribution in [3.05, 3.63) is 28.2 Å². The Bertz CT molecular complexity index is 588. The molecule has 2 aromatic rings. The number of aliphatic carboxylic acids is 1. The van der Waals surface area contributed by atoms with Gasteiger partial charge in [0.2, 0.25) is 5.82 Å².